The molecular weight excluding hydrogens is 374 g/mol. The van der Waals surface area contributed by atoms with Gasteiger partial charge in [-0.1, -0.05) is 30.3 Å². The molecule has 7 nitrogen and oxygen atoms in total. The van der Waals surface area contributed by atoms with Crippen molar-refractivity contribution in [2.75, 3.05) is 13.1 Å². The summed E-state index contributed by atoms with van der Waals surface area (Å²) in [5.41, 5.74) is 4.56. The summed E-state index contributed by atoms with van der Waals surface area (Å²) >= 11 is 0. The number of hydrogen-bond donors (Lipinski definition) is 1. The maximum absolute atomic E-state index is 13.2. The maximum atomic E-state index is 13.2. The summed E-state index contributed by atoms with van der Waals surface area (Å²) in [5.74, 6) is 0.264. The van der Waals surface area contributed by atoms with Crippen LogP contribution in [0.3, 0.4) is 0 Å². The molecule has 4 rings (SSSR count). The minimum Gasteiger partial charge on any atom is -0.282 e. The smallest absolute Gasteiger partial charge is 0.246 e. The number of nitrogens with zero attached hydrogens (tertiary/aromatic N) is 4. The number of piperidine rings is 1. The van der Waals surface area contributed by atoms with Crippen LogP contribution in [0.25, 0.3) is 11.1 Å². The molecule has 0 atom stereocenters. The number of H-pyrrole nitrogens is 1. The van der Waals surface area contributed by atoms with E-state index >= 15 is 0 Å². The van der Waals surface area contributed by atoms with Crippen molar-refractivity contribution < 1.29 is 8.42 Å². The molecule has 1 fully saturated rings. The molecule has 0 bridgehead atoms. The first-order valence-corrected chi connectivity index (χ1v) is 10.9. The van der Waals surface area contributed by atoms with E-state index in [4.69, 9.17) is 0 Å². The van der Waals surface area contributed by atoms with E-state index in [2.05, 4.69) is 27.4 Å². The van der Waals surface area contributed by atoms with E-state index in [1.807, 2.05) is 24.4 Å². The van der Waals surface area contributed by atoms with Gasteiger partial charge >= 0.3 is 0 Å². The topological polar surface area (TPSA) is 83.9 Å². The van der Waals surface area contributed by atoms with Gasteiger partial charge in [0.25, 0.3) is 0 Å². The van der Waals surface area contributed by atoms with Crippen LogP contribution in [0.1, 0.15) is 35.8 Å². The lowest BCUT2D eigenvalue weighted by molar-refractivity contribution is 0.316. The first-order valence-electron chi connectivity index (χ1n) is 9.48. The van der Waals surface area contributed by atoms with Crippen LogP contribution < -0.4 is 0 Å². The van der Waals surface area contributed by atoms with E-state index in [1.165, 1.54) is 0 Å². The minimum atomic E-state index is -3.53. The Morgan fingerprint density at radius 3 is 2.39 bits per heavy atom. The van der Waals surface area contributed by atoms with E-state index in [0.717, 1.165) is 29.7 Å². The Balaban J connectivity index is 1.54. The Morgan fingerprint density at radius 1 is 1.11 bits per heavy atom. The van der Waals surface area contributed by atoms with Crippen LogP contribution in [-0.4, -0.2) is 45.8 Å². The zero-order valence-electron chi connectivity index (χ0n) is 16.4. The molecular formula is C20H25N5O2S. The molecule has 1 saturated heterocycles. The predicted octanol–water partition coefficient (Wildman–Crippen LogP) is 3.00. The Hall–Kier alpha value is -2.45. The highest BCUT2D eigenvalue weighted by Gasteiger charge is 2.34. The lowest BCUT2D eigenvalue weighted by atomic mass is 9.90. The summed E-state index contributed by atoms with van der Waals surface area (Å²) in [7, 11) is -1.76. The molecule has 0 unspecified atom stereocenters. The molecule has 0 radical (unpaired) electrons. The van der Waals surface area contributed by atoms with Crippen LogP contribution in [0, 0.1) is 13.8 Å². The second-order valence-corrected chi connectivity index (χ2v) is 9.24. The van der Waals surface area contributed by atoms with E-state index in [0.29, 0.717) is 29.4 Å². The van der Waals surface area contributed by atoms with Gasteiger partial charge in [-0.15, -0.1) is 0 Å². The number of hydrogen-bond acceptors (Lipinski definition) is 4. The fourth-order valence-electron chi connectivity index (χ4n) is 4.10. The van der Waals surface area contributed by atoms with Gasteiger partial charge in [0.1, 0.15) is 4.90 Å². The molecule has 1 aliphatic heterocycles. The van der Waals surface area contributed by atoms with Crippen molar-refractivity contribution in [1.82, 2.24) is 24.3 Å². The summed E-state index contributed by atoms with van der Waals surface area (Å²) in [6, 6.07) is 10.2. The lowest BCUT2D eigenvalue weighted by Crippen LogP contribution is -2.38. The summed E-state index contributed by atoms with van der Waals surface area (Å²) in [5, 5.41) is 11.7. The highest BCUT2D eigenvalue weighted by atomic mass is 32.2. The summed E-state index contributed by atoms with van der Waals surface area (Å²) in [6.45, 7) is 4.54. The van der Waals surface area contributed by atoms with Crippen molar-refractivity contribution >= 4 is 10.0 Å². The second kappa shape index (κ2) is 7.18. The molecule has 8 heteroatoms. The van der Waals surface area contributed by atoms with E-state index < -0.39 is 10.0 Å². The molecule has 0 saturated carbocycles. The summed E-state index contributed by atoms with van der Waals surface area (Å²) < 4.78 is 29.6. The van der Waals surface area contributed by atoms with Crippen LogP contribution in [0.5, 0.6) is 0 Å². The fraction of sp³-hybridized carbons (Fsp3) is 0.400. The van der Waals surface area contributed by atoms with Crippen molar-refractivity contribution in [2.45, 2.75) is 37.5 Å². The monoisotopic (exact) mass is 399 g/mol. The number of sulfonamides is 1. The van der Waals surface area contributed by atoms with Crippen molar-refractivity contribution in [1.29, 1.82) is 0 Å². The number of nitrogens with one attached hydrogen (secondary N) is 1. The molecule has 0 aliphatic carbocycles. The van der Waals surface area contributed by atoms with E-state index in [-0.39, 0.29) is 5.92 Å². The standard InChI is InChI=1S/C20H25N5O2S/c1-14-20(15(2)24(3)23-14)28(26,27)25-11-9-17(10-12-25)19-18(13-21-22-19)16-7-5-4-6-8-16/h4-8,13,17H,9-12H2,1-3H3,(H,21,22). The highest BCUT2D eigenvalue weighted by molar-refractivity contribution is 7.89. The minimum absolute atomic E-state index is 0.264. The number of rotatable bonds is 4. The molecule has 148 valence electrons. The Morgan fingerprint density at radius 2 is 1.79 bits per heavy atom. The molecule has 0 spiro atoms. The van der Waals surface area contributed by atoms with E-state index in [9.17, 15) is 8.42 Å². The zero-order chi connectivity index (χ0) is 19.9. The molecule has 1 aliphatic rings. The molecule has 2 aromatic heterocycles. The number of benzene rings is 1. The van der Waals surface area contributed by atoms with Gasteiger partial charge < -0.3 is 0 Å². The van der Waals surface area contributed by atoms with Crippen molar-refractivity contribution in [2.24, 2.45) is 7.05 Å². The van der Waals surface area contributed by atoms with Gasteiger partial charge in [-0.25, -0.2) is 8.42 Å². The molecule has 3 aromatic rings. The molecule has 0 amide bonds. The third kappa shape index (κ3) is 3.16. The normalized spacial score (nSPS) is 16.5. The summed E-state index contributed by atoms with van der Waals surface area (Å²) in [4.78, 5) is 0.347. The predicted molar refractivity (Wildman–Crippen MR) is 107 cm³/mol. The third-order valence-corrected chi connectivity index (χ3v) is 7.81. The average molecular weight is 400 g/mol. The fourth-order valence-corrected chi connectivity index (χ4v) is 5.97. The van der Waals surface area contributed by atoms with Crippen LogP contribution in [-0.2, 0) is 17.1 Å². The van der Waals surface area contributed by atoms with E-state index in [1.54, 1.807) is 29.9 Å². The zero-order valence-corrected chi connectivity index (χ0v) is 17.2. The summed E-state index contributed by atoms with van der Waals surface area (Å²) in [6.07, 6.45) is 3.38. The van der Waals surface area contributed by atoms with Gasteiger partial charge in [0.2, 0.25) is 10.0 Å². The quantitative estimate of drug-likeness (QED) is 0.731. The van der Waals surface area contributed by atoms with Crippen LogP contribution in [0.4, 0.5) is 0 Å². The van der Waals surface area contributed by atoms with Crippen molar-refractivity contribution in [3.05, 3.63) is 53.6 Å². The van der Waals surface area contributed by atoms with Gasteiger partial charge in [-0.3, -0.25) is 9.78 Å². The third-order valence-electron chi connectivity index (χ3n) is 5.66. The lowest BCUT2D eigenvalue weighted by Gasteiger charge is -2.31. The molecule has 28 heavy (non-hydrogen) atoms. The second-order valence-electron chi connectivity index (χ2n) is 7.37. The number of aromatic amines is 1. The Labute approximate surface area is 165 Å². The molecule has 1 aromatic carbocycles. The number of aryl methyl sites for hydroxylation is 2. The maximum Gasteiger partial charge on any atom is 0.246 e. The Kier molecular flexibility index (Phi) is 4.84. The van der Waals surface area contributed by atoms with Crippen molar-refractivity contribution in [3.8, 4) is 11.1 Å². The number of aromatic nitrogens is 4. The van der Waals surface area contributed by atoms with Crippen LogP contribution in [0.2, 0.25) is 0 Å². The first-order chi connectivity index (χ1) is 13.4. The van der Waals surface area contributed by atoms with Crippen LogP contribution in [0.15, 0.2) is 41.4 Å². The van der Waals surface area contributed by atoms with Crippen molar-refractivity contribution in [3.63, 3.8) is 0 Å². The molecule has 3 heterocycles. The first kappa shape index (κ1) is 18.9. The van der Waals surface area contributed by atoms with Gasteiger partial charge in [-0.2, -0.15) is 14.5 Å². The highest BCUT2D eigenvalue weighted by Crippen LogP contribution is 2.35. The Bertz CT molecular complexity index is 1080. The average Bonchev–Trinajstić information content (AvgIpc) is 3.27. The van der Waals surface area contributed by atoms with Gasteiger partial charge in [0, 0.05) is 37.3 Å². The SMILES string of the molecule is Cc1nn(C)c(C)c1S(=O)(=O)N1CCC(c2[nH]ncc2-c2ccccc2)CC1. The van der Waals surface area contributed by atoms with Gasteiger partial charge in [0.05, 0.1) is 17.6 Å². The van der Waals surface area contributed by atoms with Gasteiger partial charge in [-0.05, 0) is 32.3 Å². The molecule has 1 N–H and O–H groups in total. The largest absolute Gasteiger partial charge is 0.282 e. The van der Waals surface area contributed by atoms with Gasteiger partial charge in [0.15, 0.2) is 0 Å². The van der Waals surface area contributed by atoms with Crippen LogP contribution >= 0.6 is 0 Å².